The summed E-state index contributed by atoms with van der Waals surface area (Å²) in [6.45, 7) is 2.31. The van der Waals surface area contributed by atoms with Crippen LogP contribution in [0.2, 0.25) is 0 Å². The van der Waals surface area contributed by atoms with Gasteiger partial charge in [0.15, 0.2) is 0 Å². The molecule has 1 heterocycles. The predicted octanol–water partition coefficient (Wildman–Crippen LogP) is 4.22. The lowest BCUT2D eigenvalue weighted by atomic mass is 9.90. The highest BCUT2D eigenvalue weighted by molar-refractivity contribution is 5.96. The third-order valence-electron chi connectivity index (χ3n) is 6.04. The van der Waals surface area contributed by atoms with Crippen molar-refractivity contribution < 1.29 is 9.59 Å². The second-order valence-electron chi connectivity index (χ2n) is 8.68. The fourth-order valence-electron chi connectivity index (χ4n) is 4.04. The van der Waals surface area contributed by atoms with Crippen LogP contribution in [0.4, 0.5) is 5.69 Å². The molecule has 0 saturated carbocycles. The Labute approximate surface area is 200 Å². The Bertz CT molecular complexity index is 1270. The van der Waals surface area contributed by atoms with Gasteiger partial charge in [-0.05, 0) is 48.4 Å². The van der Waals surface area contributed by atoms with Gasteiger partial charge in [-0.1, -0.05) is 48.0 Å². The van der Waals surface area contributed by atoms with Crippen LogP contribution in [0.25, 0.3) is 10.9 Å². The Morgan fingerprint density at radius 1 is 0.912 bits per heavy atom. The first-order valence-corrected chi connectivity index (χ1v) is 11.4. The molecule has 0 spiro atoms. The average molecular weight is 455 g/mol. The first-order chi connectivity index (χ1) is 16.4. The average Bonchev–Trinajstić information content (AvgIpc) is 3.27. The van der Waals surface area contributed by atoms with Gasteiger partial charge >= 0.3 is 0 Å². The molecular weight excluding hydrogens is 424 g/mol. The van der Waals surface area contributed by atoms with Crippen LogP contribution in [0, 0.1) is 6.92 Å². The highest BCUT2D eigenvalue weighted by Gasteiger charge is 2.19. The van der Waals surface area contributed by atoms with Crippen LogP contribution in [0.3, 0.4) is 0 Å². The minimum Gasteiger partial charge on any atom is -0.378 e. The number of carbonyl (C=O) groups excluding carboxylic acids is 2. The summed E-state index contributed by atoms with van der Waals surface area (Å²) in [7, 11) is 4.02. The summed E-state index contributed by atoms with van der Waals surface area (Å²) in [6, 6.07) is 23.8. The first kappa shape index (κ1) is 23.1. The number of benzene rings is 3. The van der Waals surface area contributed by atoms with Crippen molar-refractivity contribution >= 4 is 28.4 Å². The molecule has 1 aromatic heterocycles. The molecule has 4 rings (SSSR count). The van der Waals surface area contributed by atoms with E-state index in [1.807, 2.05) is 57.5 Å². The number of carbonyl (C=O) groups is 2. The van der Waals surface area contributed by atoms with Crippen LogP contribution < -0.4 is 15.5 Å². The summed E-state index contributed by atoms with van der Waals surface area (Å²) >= 11 is 0. The number of aromatic nitrogens is 1. The quantitative estimate of drug-likeness (QED) is 0.373. The minimum atomic E-state index is -0.261. The lowest BCUT2D eigenvalue weighted by molar-refractivity contribution is -0.120. The summed E-state index contributed by atoms with van der Waals surface area (Å²) in [5.41, 5.74) is 6.03. The Morgan fingerprint density at radius 2 is 1.62 bits per heavy atom. The molecule has 0 aliphatic carbocycles. The number of rotatable bonds is 8. The number of fused-ring (bicyclic) bond motifs is 1. The second kappa shape index (κ2) is 10.3. The van der Waals surface area contributed by atoms with E-state index in [0.29, 0.717) is 12.1 Å². The van der Waals surface area contributed by atoms with Gasteiger partial charge in [0.2, 0.25) is 5.91 Å². The molecule has 1 atom stereocenters. The summed E-state index contributed by atoms with van der Waals surface area (Å²) in [5, 5.41) is 6.84. The summed E-state index contributed by atoms with van der Waals surface area (Å²) in [6.07, 6.45) is 2.01. The van der Waals surface area contributed by atoms with Crippen molar-refractivity contribution in [3.8, 4) is 0 Å². The van der Waals surface area contributed by atoms with Gasteiger partial charge in [0, 0.05) is 54.9 Å². The van der Waals surface area contributed by atoms with E-state index >= 15 is 0 Å². The van der Waals surface area contributed by atoms with Crippen molar-refractivity contribution in [1.82, 2.24) is 15.6 Å². The van der Waals surface area contributed by atoms with Crippen molar-refractivity contribution in [2.45, 2.75) is 12.8 Å². The molecule has 1 unspecified atom stereocenters. The lowest BCUT2D eigenvalue weighted by Gasteiger charge is -2.20. The maximum absolute atomic E-state index is 12.6. The van der Waals surface area contributed by atoms with Crippen molar-refractivity contribution in [1.29, 1.82) is 0 Å². The van der Waals surface area contributed by atoms with Crippen LogP contribution in [0.5, 0.6) is 0 Å². The largest absolute Gasteiger partial charge is 0.378 e. The zero-order valence-corrected chi connectivity index (χ0v) is 19.8. The van der Waals surface area contributed by atoms with Crippen LogP contribution in [-0.2, 0) is 4.79 Å². The van der Waals surface area contributed by atoms with Gasteiger partial charge in [0.1, 0.15) is 0 Å². The predicted molar refractivity (Wildman–Crippen MR) is 137 cm³/mol. The minimum absolute atomic E-state index is 0.0379. The van der Waals surface area contributed by atoms with E-state index in [9.17, 15) is 9.59 Å². The molecule has 34 heavy (non-hydrogen) atoms. The number of H-pyrrole nitrogens is 1. The Morgan fingerprint density at radius 3 is 2.32 bits per heavy atom. The third-order valence-corrected chi connectivity index (χ3v) is 6.04. The van der Waals surface area contributed by atoms with Crippen molar-refractivity contribution in [2.24, 2.45) is 0 Å². The number of hydrogen-bond donors (Lipinski definition) is 3. The SMILES string of the molecule is Cc1ccc(C(=O)NCC(=O)NCC(c2ccc(N(C)C)cc2)c2c[nH]c3ccccc23)cc1. The van der Waals surface area contributed by atoms with Gasteiger partial charge in [-0.25, -0.2) is 0 Å². The first-order valence-electron chi connectivity index (χ1n) is 11.4. The molecule has 0 fully saturated rings. The molecule has 6 heteroatoms. The fourth-order valence-corrected chi connectivity index (χ4v) is 4.04. The number of hydrogen-bond acceptors (Lipinski definition) is 3. The van der Waals surface area contributed by atoms with E-state index < -0.39 is 0 Å². The Kier molecular flexibility index (Phi) is 6.97. The van der Waals surface area contributed by atoms with E-state index in [1.165, 1.54) is 0 Å². The van der Waals surface area contributed by atoms with E-state index in [-0.39, 0.29) is 24.3 Å². The summed E-state index contributed by atoms with van der Waals surface area (Å²) in [5.74, 6) is -0.526. The molecule has 0 aliphatic rings. The van der Waals surface area contributed by atoms with E-state index in [1.54, 1.807) is 12.1 Å². The van der Waals surface area contributed by atoms with E-state index in [0.717, 1.165) is 33.3 Å². The maximum atomic E-state index is 12.6. The molecule has 0 radical (unpaired) electrons. The number of anilines is 1. The maximum Gasteiger partial charge on any atom is 0.251 e. The van der Waals surface area contributed by atoms with E-state index in [4.69, 9.17) is 0 Å². The molecule has 2 amide bonds. The molecule has 3 N–H and O–H groups in total. The Hall–Kier alpha value is -4.06. The Balaban J connectivity index is 1.47. The zero-order chi connectivity index (χ0) is 24.1. The number of aromatic amines is 1. The van der Waals surface area contributed by atoms with Gasteiger partial charge in [-0.2, -0.15) is 0 Å². The van der Waals surface area contributed by atoms with Crippen LogP contribution in [-0.4, -0.2) is 44.0 Å². The van der Waals surface area contributed by atoms with Crippen LogP contribution >= 0.6 is 0 Å². The normalized spacial score (nSPS) is 11.7. The number of nitrogens with zero attached hydrogens (tertiary/aromatic N) is 1. The number of aryl methyl sites for hydroxylation is 1. The van der Waals surface area contributed by atoms with Crippen LogP contribution in [0.15, 0.2) is 79.0 Å². The number of para-hydroxylation sites is 1. The highest BCUT2D eigenvalue weighted by atomic mass is 16.2. The molecule has 174 valence electrons. The molecule has 0 aliphatic heterocycles. The molecule has 0 saturated heterocycles. The zero-order valence-electron chi connectivity index (χ0n) is 19.8. The number of nitrogens with one attached hydrogen (secondary N) is 3. The van der Waals surface area contributed by atoms with Gasteiger partial charge in [-0.15, -0.1) is 0 Å². The lowest BCUT2D eigenvalue weighted by Crippen LogP contribution is -2.38. The van der Waals surface area contributed by atoms with Gasteiger partial charge in [0.25, 0.3) is 5.91 Å². The second-order valence-corrected chi connectivity index (χ2v) is 8.68. The van der Waals surface area contributed by atoms with Crippen LogP contribution in [0.1, 0.15) is 33.0 Å². The molecule has 4 aromatic rings. The summed E-state index contributed by atoms with van der Waals surface area (Å²) < 4.78 is 0. The molecular formula is C28H30N4O2. The van der Waals surface area contributed by atoms with Gasteiger partial charge in [-0.3, -0.25) is 9.59 Å². The number of amides is 2. The molecule has 6 nitrogen and oxygen atoms in total. The van der Waals surface area contributed by atoms with Crippen molar-refractivity contribution in [3.63, 3.8) is 0 Å². The highest BCUT2D eigenvalue weighted by Crippen LogP contribution is 2.31. The molecule has 3 aromatic carbocycles. The monoisotopic (exact) mass is 454 g/mol. The third kappa shape index (κ3) is 5.29. The summed E-state index contributed by atoms with van der Waals surface area (Å²) in [4.78, 5) is 30.3. The fraction of sp³-hybridized carbons (Fsp3) is 0.214. The molecule has 0 bridgehead atoms. The smallest absolute Gasteiger partial charge is 0.251 e. The van der Waals surface area contributed by atoms with Crippen molar-refractivity contribution in [3.05, 3.63) is 101 Å². The standard InChI is InChI=1S/C28H30N4O2/c1-19-8-10-21(11-9-19)28(34)31-18-27(33)30-16-24(20-12-14-22(15-13-20)32(2)3)25-17-29-26-7-5-4-6-23(25)26/h4-15,17,24,29H,16,18H2,1-3H3,(H,30,33)(H,31,34). The van der Waals surface area contributed by atoms with Gasteiger partial charge in [0.05, 0.1) is 6.54 Å². The topological polar surface area (TPSA) is 77.2 Å². The van der Waals surface area contributed by atoms with Gasteiger partial charge < -0.3 is 20.5 Å². The van der Waals surface area contributed by atoms with E-state index in [2.05, 4.69) is 50.8 Å². The van der Waals surface area contributed by atoms with Crippen molar-refractivity contribution in [2.75, 3.05) is 32.1 Å².